The van der Waals surface area contributed by atoms with Crippen LogP contribution >= 0.6 is 46.4 Å². The molecule has 3 nitrogen and oxygen atoms in total. The Morgan fingerprint density at radius 1 is 1.05 bits per heavy atom. The van der Waals surface area contributed by atoms with Crippen molar-refractivity contribution in [1.29, 1.82) is 0 Å². The normalized spacial score (nSPS) is 10.5. The quantitative estimate of drug-likeness (QED) is 0.802. The first kappa shape index (κ1) is 14.5. The lowest BCUT2D eigenvalue weighted by molar-refractivity contribution is 0.305. The summed E-state index contributed by atoms with van der Waals surface area (Å²) in [5, 5.41) is 10.3. The lowest BCUT2D eigenvalue weighted by Gasteiger charge is -2.11. The highest BCUT2D eigenvalue weighted by Crippen LogP contribution is 2.37. The van der Waals surface area contributed by atoms with Crippen LogP contribution in [0.15, 0.2) is 24.3 Å². The molecule has 0 radical (unpaired) electrons. The van der Waals surface area contributed by atoms with E-state index in [1.165, 1.54) is 12.1 Å². The average Bonchev–Trinajstić information content (AvgIpc) is 2.30. The number of nitrogens with zero attached hydrogens (tertiary/aromatic N) is 1. The standard InChI is InChI=1S/C12H7Cl4NO2/c13-8-3-7(18)4-9(14)11(8)19-5-6-1-2-10(15)17-12(6)16/h1-4,18H,5H2. The van der Waals surface area contributed by atoms with Crippen LogP contribution in [0.25, 0.3) is 0 Å². The predicted octanol–water partition coefficient (Wildman–Crippen LogP) is 4.98. The molecule has 1 N–H and O–H groups in total. The molecule has 19 heavy (non-hydrogen) atoms. The van der Waals surface area contributed by atoms with Crippen LogP contribution in [0.3, 0.4) is 0 Å². The summed E-state index contributed by atoms with van der Waals surface area (Å²) in [4.78, 5) is 3.89. The van der Waals surface area contributed by atoms with Crippen molar-refractivity contribution in [3.63, 3.8) is 0 Å². The Morgan fingerprint density at radius 3 is 2.26 bits per heavy atom. The molecule has 2 aromatic rings. The van der Waals surface area contributed by atoms with Crippen LogP contribution in [0.4, 0.5) is 0 Å². The zero-order valence-corrected chi connectivity index (χ0v) is 12.4. The minimum absolute atomic E-state index is 0.0338. The largest absolute Gasteiger partial charge is 0.508 e. The molecule has 0 aliphatic rings. The molecule has 0 saturated carbocycles. The number of hydrogen-bond acceptors (Lipinski definition) is 3. The molecule has 0 aliphatic carbocycles. The van der Waals surface area contributed by atoms with Gasteiger partial charge in [0.25, 0.3) is 0 Å². The highest BCUT2D eigenvalue weighted by Gasteiger charge is 2.11. The Morgan fingerprint density at radius 2 is 1.68 bits per heavy atom. The summed E-state index contributed by atoms with van der Waals surface area (Å²) >= 11 is 23.5. The maximum absolute atomic E-state index is 9.31. The van der Waals surface area contributed by atoms with Gasteiger partial charge in [0.15, 0.2) is 5.75 Å². The van der Waals surface area contributed by atoms with Gasteiger partial charge in [0.2, 0.25) is 0 Å². The van der Waals surface area contributed by atoms with E-state index in [2.05, 4.69) is 4.98 Å². The SMILES string of the molecule is Oc1cc(Cl)c(OCc2ccc(Cl)nc2Cl)c(Cl)c1. The summed E-state index contributed by atoms with van der Waals surface area (Å²) in [5.41, 5.74) is 0.645. The van der Waals surface area contributed by atoms with Crippen molar-refractivity contribution in [3.8, 4) is 11.5 Å². The van der Waals surface area contributed by atoms with Gasteiger partial charge in [0, 0.05) is 17.7 Å². The number of benzene rings is 1. The van der Waals surface area contributed by atoms with Crippen molar-refractivity contribution in [1.82, 2.24) is 4.98 Å². The molecule has 1 heterocycles. The molecular weight excluding hydrogens is 332 g/mol. The van der Waals surface area contributed by atoms with Crippen molar-refractivity contribution >= 4 is 46.4 Å². The van der Waals surface area contributed by atoms with E-state index in [4.69, 9.17) is 51.1 Å². The summed E-state index contributed by atoms with van der Waals surface area (Å²) in [5.74, 6) is 0.237. The van der Waals surface area contributed by atoms with Gasteiger partial charge in [-0.25, -0.2) is 4.98 Å². The van der Waals surface area contributed by atoms with E-state index in [1.54, 1.807) is 12.1 Å². The minimum atomic E-state index is -0.0338. The number of ether oxygens (including phenoxy) is 1. The maximum atomic E-state index is 9.31. The van der Waals surface area contributed by atoms with Crippen LogP contribution < -0.4 is 4.74 Å². The lowest BCUT2D eigenvalue weighted by atomic mass is 10.3. The number of hydrogen-bond donors (Lipinski definition) is 1. The average molecular weight is 339 g/mol. The van der Waals surface area contributed by atoms with Crippen molar-refractivity contribution in [2.24, 2.45) is 0 Å². The molecule has 2 rings (SSSR count). The molecule has 0 amide bonds. The van der Waals surface area contributed by atoms with E-state index in [9.17, 15) is 5.11 Å². The fourth-order valence-electron chi connectivity index (χ4n) is 1.38. The fourth-order valence-corrected chi connectivity index (χ4v) is 2.37. The molecule has 1 aromatic heterocycles. The first-order chi connectivity index (χ1) is 8.97. The van der Waals surface area contributed by atoms with Crippen LogP contribution in [0, 0.1) is 0 Å². The number of aromatic nitrogens is 1. The molecule has 7 heteroatoms. The second-order valence-electron chi connectivity index (χ2n) is 3.61. The van der Waals surface area contributed by atoms with Crippen molar-refractivity contribution in [3.05, 3.63) is 50.2 Å². The van der Waals surface area contributed by atoms with Gasteiger partial charge in [0.05, 0.1) is 10.0 Å². The highest BCUT2D eigenvalue weighted by molar-refractivity contribution is 6.37. The Hall–Kier alpha value is -0.870. The van der Waals surface area contributed by atoms with Crippen molar-refractivity contribution in [2.75, 3.05) is 0 Å². The topological polar surface area (TPSA) is 42.4 Å². The molecule has 0 atom stereocenters. The van der Waals surface area contributed by atoms with Gasteiger partial charge in [-0.2, -0.15) is 0 Å². The molecule has 0 unspecified atom stereocenters. The molecule has 0 saturated heterocycles. The van der Waals surface area contributed by atoms with Crippen LogP contribution in [-0.2, 0) is 6.61 Å². The Balaban J connectivity index is 2.19. The lowest BCUT2D eigenvalue weighted by Crippen LogP contribution is -1.98. The van der Waals surface area contributed by atoms with E-state index in [-0.39, 0.29) is 33.3 Å². The number of phenolic OH excluding ortho intramolecular Hbond substituents is 1. The van der Waals surface area contributed by atoms with Crippen molar-refractivity contribution < 1.29 is 9.84 Å². The molecule has 0 bridgehead atoms. The predicted molar refractivity (Wildman–Crippen MR) is 76.7 cm³/mol. The third-order valence-corrected chi connectivity index (χ3v) is 3.35. The monoisotopic (exact) mass is 337 g/mol. The molecule has 1 aromatic carbocycles. The smallest absolute Gasteiger partial charge is 0.157 e. The van der Waals surface area contributed by atoms with E-state index in [0.717, 1.165) is 0 Å². The summed E-state index contributed by atoms with van der Waals surface area (Å²) in [6.07, 6.45) is 0. The number of rotatable bonds is 3. The van der Waals surface area contributed by atoms with Gasteiger partial charge in [-0.1, -0.05) is 46.4 Å². The third kappa shape index (κ3) is 3.57. The molecule has 0 fully saturated rings. The van der Waals surface area contributed by atoms with Gasteiger partial charge < -0.3 is 9.84 Å². The zero-order chi connectivity index (χ0) is 14.0. The fraction of sp³-hybridized carbons (Fsp3) is 0.0833. The zero-order valence-electron chi connectivity index (χ0n) is 9.33. The van der Waals surface area contributed by atoms with Crippen LogP contribution in [-0.4, -0.2) is 10.1 Å². The number of aromatic hydroxyl groups is 1. The second-order valence-corrected chi connectivity index (χ2v) is 5.17. The summed E-state index contributed by atoms with van der Waals surface area (Å²) in [6, 6.07) is 5.97. The highest BCUT2D eigenvalue weighted by atomic mass is 35.5. The van der Waals surface area contributed by atoms with E-state index in [0.29, 0.717) is 10.7 Å². The summed E-state index contributed by atoms with van der Waals surface area (Å²) < 4.78 is 5.49. The number of phenols is 1. The van der Waals surface area contributed by atoms with Gasteiger partial charge >= 0.3 is 0 Å². The Kier molecular flexibility index (Phi) is 4.63. The maximum Gasteiger partial charge on any atom is 0.157 e. The first-order valence-electron chi connectivity index (χ1n) is 5.09. The second kappa shape index (κ2) is 6.06. The third-order valence-electron chi connectivity index (χ3n) is 2.25. The summed E-state index contributed by atoms with van der Waals surface area (Å²) in [7, 11) is 0. The Labute approximate surface area is 129 Å². The van der Waals surface area contributed by atoms with Gasteiger partial charge in [-0.05, 0) is 12.1 Å². The molecule has 0 spiro atoms. The number of pyridine rings is 1. The van der Waals surface area contributed by atoms with Crippen LogP contribution in [0.5, 0.6) is 11.5 Å². The van der Waals surface area contributed by atoms with E-state index in [1.807, 2.05) is 0 Å². The van der Waals surface area contributed by atoms with Crippen molar-refractivity contribution in [2.45, 2.75) is 6.61 Å². The van der Waals surface area contributed by atoms with Gasteiger partial charge in [-0.15, -0.1) is 0 Å². The van der Waals surface area contributed by atoms with Crippen LogP contribution in [0.1, 0.15) is 5.56 Å². The Bertz CT molecular complexity index is 596. The summed E-state index contributed by atoms with van der Waals surface area (Å²) in [6.45, 7) is 0.132. The molecular formula is C12H7Cl4NO2. The first-order valence-corrected chi connectivity index (χ1v) is 6.60. The van der Waals surface area contributed by atoms with E-state index >= 15 is 0 Å². The molecule has 100 valence electrons. The van der Waals surface area contributed by atoms with E-state index < -0.39 is 0 Å². The van der Waals surface area contributed by atoms with Gasteiger partial charge in [0.1, 0.15) is 22.7 Å². The molecule has 0 aliphatic heterocycles. The van der Waals surface area contributed by atoms with Crippen LogP contribution in [0.2, 0.25) is 20.4 Å². The van der Waals surface area contributed by atoms with Gasteiger partial charge in [-0.3, -0.25) is 0 Å². The number of halogens is 4. The minimum Gasteiger partial charge on any atom is -0.508 e.